The molecule has 0 saturated carbocycles. The Balaban J connectivity index is 2.45. The van der Waals surface area contributed by atoms with E-state index in [0.29, 0.717) is 10.1 Å². The predicted molar refractivity (Wildman–Crippen MR) is 91.5 cm³/mol. The van der Waals surface area contributed by atoms with Gasteiger partial charge in [-0.2, -0.15) is 0 Å². The van der Waals surface area contributed by atoms with Crippen LogP contribution in [0.4, 0.5) is 4.39 Å². The highest BCUT2D eigenvalue weighted by Crippen LogP contribution is 2.35. The van der Waals surface area contributed by atoms with Crippen molar-refractivity contribution in [1.82, 2.24) is 4.90 Å². The Morgan fingerprint density at radius 3 is 2.55 bits per heavy atom. The number of benzene rings is 1. The van der Waals surface area contributed by atoms with Gasteiger partial charge in [-0.25, -0.2) is 4.39 Å². The number of hydrogen-bond acceptors (Lipinski definition) is 3. The molecule has 2 rings (SSSR count). The van der Waals surface area contributed by atoms with Crippen LogP contribution in [0.1, 0.15) is 33.3 Å². The number of rotatable bonds is 3. The molecule has 1 amide bonds. The molecule has 0 spiro atoms. The summed E-state index contributed by atoms with van der Waals surface area (Å²) in [5, 5.41) is 0.931. The molecule has 1 saturated heterocycles. The van der Waals surface area contributed by atoms with E-state index in [0.717, 1.165) is 0 Å². The lowest BCUT2D eigenvalue weighted by Gasteiger charge is -2.20. The number of amidine groups is 1. The molecule has 3 nitrogen and oxygen atoms in total. The topological polar surface area (TPSA) is 32.7 Å². The molecule has 1 heterocycles. The van der Waals surface area contributed by atoms with E-state index in [-0.39, 0.29) is 28.6 Å². The molecule has 0 aliphatic carbocycles. The van der Waals surface area contributed by atoms with Gasteiger partial charge in [-0.05, 0) is 57.7 Å². The third-order valence-corrected chi connectivity index (χ3v) is 4.32. The van der Waals surface area contributed by atoms with Gasteiger partial charge in [-0.15, -0.1) is 0 Å². The van der Waals surface area contributed by atoms with Gasteiger partial charge in [0.2, 0.25) is 0 Å². The molecule has 1 aliphatic rings. The Labute approximate surface area is 139 Å². The van der Waals surface area contributed by atoms with Gasteiger partial charge in [0.25, 0.3) is 5.91 Å². The van der Waals surface area contributed by atoms with Crippen LogP contribution >= 0.6 is 23.4 Å². The summed E-state index contributed by atoms with van der Waals surface area (Å²) in [6, 6.07) is 4.53. The van der Waals surface area contributed by atoms with Gasteiger partial charge in [0.15, 0.2) is 5.17 Å². The molecule has 0 radical (unpaired) electrons. The predicted octanol–water partition coefficient (Wildman–Crippen LogP) is 4.57. The summed E-state index contributed by atoms with van der Waals surface area (Å²) in [7, 11) is 0. The fourth-order valence-electron chi connectivity index (χ4n) is 2.03. The van der Waals surface area contributed by atoms with Crippen LogP contribution in [0.3, 0.4) is 0 Å². The van der Waals surface area contributed by atoms with E-state index >= 15 is 0 Å². The number of aliphatic imine (C=N–C) groups is 1. The Bertz CT molecular complexity index is 635. The summed E-state index contributed by atoms with van der Waals surface area (Å²) in [4.78, 5) is 19.1. The van der Waals surface area contributed by atoms with Crippen LogP contribution in [-0.4, -0.2) is 28.1 Å². The summed E-state index contributed by atoms with van der Waals surface area (Å²) in [5.41, 5.74) is 0.231. The molecular weight excluding hydrogens is 323 g/mol. The summed E-state index contributed by atoms with van der Waals surface area (Å²) in [6.07, 6.45) is 1.50. The Hall–Kier alpha value is -1.33. The average Bonchev–Trinajstić information content (AvgIpc) is 2.69. The molecule has 0 N–H and O–H groups in total. The number of nitrogens with zero attached hydrogens (tertiary/aromatic N) is 2. The normalized spacial score (nSPS) is 19.3. The standard InChI is InChI=1S/C16H18ClFN2OS/c1-9(2)19-16-20(10(3)4)15(21)14(22-16)8-11-12(17)6-5-7-13(11)18/h5-10H,1-4H3/b14-8+,19-16?. The second-order valence-corrected chi connectivity index (χ2v) is 6.94. The van der Waals surface area contributed by atoms with Crippen molar-refractivity contribution in [2.75, 3.05) is 0 Å². The monoisotopic (exact) mass is 340 g/mol. The molecule has 6 heteroatoms. The SMILES string of the molecule is CC(C)N=C1S/C(=C/c2c(F)cccc2Cl)C(=O)N1C(C)C. The van der Waals surface area contributed by atoms with E-state index in [1.165, 1.54) is 30.0 Å². The van der Waals surface area contributed by atoms with Crippen molar-refractivity contribution < 1.29 is 9.18 Å². The maximum atomic E-state index is 13.9. The van der Waals surface area contributed by atoms with Crippen molar-refractivity contribution in [2.24, 2.45) is 4.99 Å². The quantitative estimate of drug-likeness (QED) is 0.755. The van der Waals surface area contributed by atoms with E-state index in [1.807, 2.05) is 27.7 Å². The van der Waals surface area contributed by atoms with Crippen molar-refractivity contribution >= 4 is 40.5 Å². The first-order valence-corrected chi connectivity index (χ1v) is 8.25. The average molecular weight is 341 g/mol. The zero-order valence-electron chi connectivity index (χ0n) is 12.9. The van der Waals surface area contributed by atoms with E-state index in [1.54, 1.807) is 11.0 Å². The zero-order valence-corrected chi connectivity index (χ0v) is 14.5. The molecule has 1 aliphatic heterocycles. The smallest absolute Gasteiger partial charge is 0.266 e. The van der Waals surface area contributed by atoms with Gasteiger partial charge in [0.1, 0.15) is 5.82 Å². The first-order chi connectivity index (χ1) is 10.3. The maximum Gasteiger partial charge on any atom is 0.266 e. The first kappa shape index (κ1) is 17.0. The van der Waals surface area contributed by atoms with Crippen molar-refractivity contribution in [2.45, 2.75) is 39.8 Å². The second-order valence-electron chi connectivity index (χ2n) is 5.52. The van der Waals surface area contributed by atoms with Crippen LogP contribution in [-0.2, 0) is 4.79 Å². The van der Waals surface area contributed by atoms with Crippen molar-refractivity contribution in [3.8, 4) is 0 Å². The van der Waals surface area contributed by atoms with E-state index in [9.17, 15) is 9.18 Å². The maximum absolute atomic E-state index is 13.9. The van der Waals surface area contributed by atoms with Crippen LogP contribution in [0.2, 0.25) is 5.02 Å². The third kappa shape index (κ3) is 3.52. The highest BCUT2D eigenvalue weighted by molar-refractivity contribution is 8.18. The van der Waals surface area contributed by atoms with Crippen LogP contribution in [0.5, 0.6) is 0 Å². The molecule has 1 aromatic rings. The van der Waals surface area contributed by atoms with Gasteiger partial charge in [0.05, 0.1) is 9.93 Å². The number of thioether (sulfide) groups is 1. The Kier molecular flexibility index (Phi) is 5.29. The minimum Gasteiger partial charge on any atom is -0.284 e. The lowest BCUT2D eigenvalue weighted by atomic mass is 10.2. The highest BCUT2D eigenvalue weighted by atomic mass is 35.5. The molecule has 22 heavy (non-hydrogen) atoms. The molecule has 0 aromatic heterocycles. The fourth-order valence-corrected chi connectivity index (χ4v) is 3.46. The largest absolute Gasteiger partial charge is 0.284 e. The van der Waals surface area contributed by atoms with Crippen molar-refractivity contribution in [3.63, 3.8) is 0 Å². The van der Waals surface area contributed by atoms with Gasteiger partial charge in [0, 0.05) is 17.6 Å². The molecule has 0 unspecified atom stereocenters. The highest BCUT2D eigenvalue weighted by Gasteiger charge is 2.35. The van der Waals surface area contributed by atoms with Gasteiger partial charge in [-0.3, -0.25) is 14.7 Å². The number of amides is 1. The molecule has 118 valence electrons. The lowest BCUT2D eigenvalue weighted by molar-refractivity contribution is -0.123. The fraction of sp³-hybridized carbons (Fsp3) is 0.375. The summed E-state index contributed by atoms with van der Waals surface area (Å²) in [6.45, 7) is 7.75. The van der Waals surface area contributed by atoms with E-state index < -0.39 is 5.82 Å². The van der Waals surface area contributed by atoms with Crippen LogP contribution in [0, 0.1) is 5.82 Å². The van der Waals surface area contributed by atoms with Gasteiger partial charge in [-0.1, -0.05) is 17.7 Å². The molecule has 1 fully saturated rings. The van der Waals surface area contributed by atoms with Gasteiger partial charge < -0.3 is 0 Å². The second kappa shape index (κ2) is 6.84. The van der Waals surface area contributed by atoms with Crippen molar-refractivity contribution in [3.05, 3.63) is 39.5 Å². The number of hydrogen-bond donors (Lipinski definition) is 0. The zero-order chi connectivity index (χ0) is 16.4. The van der Waals surface area contributed by atoms with Crippen LogP contribution in [0.15, 0.2) is 28.1 Å². The van der Waals surface area contributed by atoms with Gasteiger partial charge >= 0.3 is 0 Å². The molecule has 0 bridgehead atoms. The summed E-state index contributed by atoms with van der Waals surface area (Å²) >= 11 is 7.28. The summed E-state index contributed by atoms with van der Waals surface area (Å²) in [5.74, 6) is -0.613. The number of carbonyl (C=O) groups excluding carboxylic acids is 1. The molecule has 0 atom stereocenters. The third-order valence-electron chi connectivity index (χ3n) is 3.00. The Morgan fingerprint density at radius 1 is 1.32 bits per heavy atom. The number of halogens is 2. The van der Waals surface area contributed by atoms with E-state index in [4.69, 9.17) is 11.6 Å². The number of carbonyl (C=O) groups is 1. The Morgan fingerprint density at radius 2 is 2.00 bits per heavy atom. The van der Waals surface area contributed by atoms with Crippen LogP contribution in [0.25, 0.3) is 6.08 Å². The lowest BCUT2D eigenvalue weighted by Crippen LogP contribution is -2.35. The first-order valence-electron chi connectivity index (χ1n) is 7.06. The minimum atomic E-state index is -0.446. The minimum absolute atomic E-state index is 0.0144. The van der Waals surface area contributed by atoms with Crippen LogP contribution < -0.4 is 0 Å². The summed E-state index contributed by atoms with van der Waals surface area (Å²) < 4.78 is 13.9. The molecular formula is C16H18ClFN2OS. The van der Waals surface area contributed by atoms with E-state index in [2.05, 4.69) is 4.99 Å². The molecule has 1 aromatic carbocycles. The van der Waals surface area contributed by atoms with Crippen molar-refractivity contribution in [1.29, 1.82) is 0 Å².